The Labute approximate surface area is 139 Å². The summed E-state index contributed by atoms with van der Waals surface area (Å²) >= 11 is 0. The van der Waals surface area contributed by atoms with E-state index in [1.54, 1.807) is 0 Å². The molecule has 23 heavy (non-hydrogen) atoms. The van der Waals surface area contributed by atoms with Crippen molar-refractivity contribution < 1.29 is 4.79 Å². The molecule has 2 amide bonds. The first-order chi connectivity index (χ1) is 11.1. The van der Waals surface area contributed by atoms with Crippen LogP contribution in [0.3, 0.4) is 0 Å². The van der Waals surface area contributed by atoms with Gasteiger partial charge >= 0.3 is 6.03 Å². The summed E-state index contributed by atoms with van der Waals surface area (Å²) in [7, 11) is 0. The molecular weight excluding hydrogens is 286 g/mol. The van der Waals surface area contributed by atoms with E-state index in [1.807, 2.05) is 4.90 Å². The van der Waals surface area contributed by atoms with E-state index < -0.39 is 0 Å². The SMILES string of the molecule is CC1CC(C)CN(C(=O)NCC2CCN(c3ccccc3)C2)C1. The molecule has 0 spiro atoms. The maximum Gasteiger partial charge on any atom is 0.317 e. The van der Waals surface area contributed by atoms with Crippen LogP contribution >= 0.6 is 0 Å². The smallest absolute Gasteiger partial charge is 0.317 e. The van der Waals surface area contributed by atoms with Crippen LogP contribution in [0, 0.1) is 17.8 Å². The van der Waals surface area contributed by atoms with Gasteiger partial charge in [0.15, 0.2) is 0 Å². The molecule has 1 aromatic rings. The summed E-state index contributed by atoms with van der Waals surface area (Å²) in [5.41, 5.74) is 1.29. The summed E-state index contributed by atoms with van der Waals surface area (Å²) in [6.07, 6.45) is 2.39. The molecule has 126 valence electrons. The van der Waals surface area contributed by atoms with Gasteiger partial charge in [-0.1, -0.05) is 32.0 Å². The van der Waals surface area contributed by atoms with Gasteiger partial charge in [0.05, 0.1) is 0 Å². The molecule has 1 aromatic carbocycles. The Morgan fingerprint density at radius 3 is 2.52 bits per heavy atom. The molecule has 3 unspecified atom stereocenters. The fourth-order valence-electron chi connectivity index (χ4n) is 4.04. The lowest BCUT2D eigenvalue weighted by molar-refractivity contribution is 0.145. The van der Waals surface area contributed by atoms with Gasteiger partial charge in [-0.25, -0.2) is 4.79 Å². The molecular formula is C19H29N3O. The van der Waals surface area contributed by atoms with Gasteiger partial charge in [-0.05, 0) is 42.7 Å². The van der Waals surface area contributed by atoms with E-state index in [0.29, 0.717) is 17.8 Å². The van der Waals surface area contributed by atoms with Gasteiger partial charge in [0.1, 0.15) is 0 Å². The Kier molecular flexibility index (Phi) is 5.09. The number of para-hydroxylation sites is 1. The lowest BCUT2D eigenvalue weighted by Gasteiger charge is -2.35. The predicted octanol–water partition coefficient (Wildman–Crippen LogP) is 3.20. The number of urea groups is 1. The van der Waals surface area contributed by atoms with Crippen LogP contribution in [-0.2, 0) is 0 Å². The van der Waals surface area contributed by atoms with Crippen LogP contribution in [0.5, 0.6) is 0 Å². The minimum Gasteiger partial charge on any atom is -0.371 e. The average Bonchev–Trinajstić information content (AvgIpc) is 3.01. The van der Waals surface area contributed by atoms with Crippen LogP contribution in [0.25, 0.3) is 0 Å². The third-order valence-corrected chi connectivity index (χ3v) is 5.11. The summed E-state index contributed by atoms with van der Waals surface area (Å²) < 4.78 is 0. The van der Waals surface area contributed by atoms with Crippen LogP contribution < -0.4 is 10.2 Å². The summed E-state index contributed by atoms with van der Waals surface area (Å²) in [6.45, 7) is 9.20. The number of hydrogen-bond acceptors (Lipinski definition) is 2. The molecule has 2 heterocycles. The van der Waals surface area contributed by atoms with Gasteiger partial charge < -0.3 is 15.1 Å². The van der Waals surface area contributed by atoms with Crippen molar-refractivity contribution >= 4 is 11.7 Å². The van der Waals surface area contributed by atoms with Crippen LogP contribution in [0.15, 0.2) is 30.3 Å². The normalized spacial score (nSPS) is 28.0. The molecule has 0 bridgehead atoms. The first-order valence-electron chi connectivity index (χ1n) is 8.94. The van der Waals surface area contributed by atoms with Crippen molar-refractivity contribution in [3.8, 4) is 0 Å². The second-order valence-electron chi connectivity index (χ2n) is 7.47. The van der Waals surface area contributed by atoms with E-state index in [-0.39, 0.29) is 6.03 Å². The molecule has 2 fully saturated rings. The Morgan fingerprint density at radius 1 is 1.13 bits per heavy atom. The number of nitrogens with one attached hydrogen (secondary N) is 1. The molecule has 2 aliphatic rings. The zero-order valence-electron chi connectivity index (χ0n) is 14.4. The number of carbonyl (C=O) groups excluding carboxylic acids is 1. The topological polar surface area (TPSA) is 35.6 Å². The highest BCUT2D eigenvalue weighted by Crippen LogP contribution is 2.23. The largest absolute Gasteiger partial charge is 0.371 e. The second-order valence-corrected chi connectivity index (χ2v) is 7.47. The van der Waals surface area contributed by atoms with Crippen LogP contribution in [-0.4, -0.2) is 43.7 Å². The number of nitrogens with zero attached hydrogens (tertiary/aromatic N) is 2. The maximum atomic E-state index is 12.4. The molecule has 0 radical (unpaired) electrons. The first kappa shape index (κ1) is 16.2. The van der Waals surface area contributed by atoms with E-state index >= 15 is 0 Å². The number of hydrogen-bond donors (Lipinski definition) is 1. The highest BCUT2D eigenvalue weighted by Gasteiger charge is 2.27. The van der Waals surface area contributed by atoms with Crippen molar-refractivity contribution in [1.82, 2.24) is 10.2 Å². The van der Waals surface area contributed by atoms with Crippen molar-refractivity contribution in [2.45, 2.75) is 26.7 Å². The molecule has 0 aliphatic carbocycles. The molecule has 0 saturated carbocycles. The van der Waals surface area contributed by atoms with Crippen molar-refractivity contribution in [3.63, 3.8) is 0 Å². The minimum absolute atomic E-state index is 0.126. The van der Waals surface area contributed by atoms with Crippen molar-refractivity contribution in [2.75, 3.05) is 37.6 Å². The van der Waals surface area contributed by atoms with Gasteiger partial charge in [0.2, 0.25) is 0 Å². The highest BCUT2D eigenvalue weighted by molar-refractivity contribution is 5.74. The summed E-state index contributed by atoms with van der Waals surface area (Å²) in [6, 6.07) is 10.7. The Balaban J connectivity index is 1.45. The second kappa shape index (κ2) is 7.24. The van der Waals surface area contributed by atoms with Gasteiger partial charge in [0.25, 0.3) is 0 Å². The fraction of sp³-hybridized carbons (Fsp3) is 0.632. The third-order valence-electron chi connectivity index (χ3n) is 5.11. The zero-order chi connectivity index (χ0) is 16.2. The van der Waals surface area contributed by atoms with Crippen molar-refractivity contribution in [2.24, 2.45) is 17.8 Å². The molecule has 2 aliphatic heterocycles. The fourth-order valence-corrected chi connectivity index (χ4v) is 4.04. The standard InChI is InChI=1S/C19H29N3O/c1-15-10-16(2)13-22(12-15)19(23)20-11-17-8-9-21(14-17)18-6-4-3-5-7-18/h3-7,15-17H,8-14H2,1-2H3,(H,20,23). The number of benzene rings is 1. The molecule has 3 atom stereocenters. The molecule has 0 aromatic heterocycles. The molecule has 2 saturated heterocycles. The summed E-state index contributed by atoms with van der Waals surface area (Å²) in [5, 5.41) is 3.17. The number of amides is 2. The third kappa shape index (κ3) is 4.18. The quantitative estimate of drug-likeness (QED) is 0.930. The summed E-state index contributed by atoms with van der Waals surface area (Å²) in [4.78, 5) is 16.8. The minimum atomic E-state index is 0.126. The monoisotopic (exact) mass is 315 g/mol. The van der Waals surface area contributed by atoms with Gasteiger partial charge in [0, 0.05) is 38.4 Å². The van der Waals surface area contributed by atoms with Gasteiger partial charge in [-0.15, -0.1) is 0 Å². The number of carbonyl (C=O) groups is 1. The van der Waals surface area contributed by atoms with E-state index in [0.717, 1.165) is 39.1 Å². The Hall–Kier alpha value is -1.71. The molecule has 1 N–H and O–H groups in total. The van der Waals surface area contributed by atoms with Crippen molar-refractivity contribution in [1.29, 1.82) is 0 Å². The zero-order valence-corrected chi connectivity index (χ0v) is 14.4. The average molecular weight is 315 g/mol. The van der Waals surface area contributed by atoms with Crippen LogP contribution in [0.1, 0.15) is 26.7 Å². The number of likely N-dealkylation sites (tertiary alicyclic amines) is 1. The lowest BCUT2D eigenvalue weighted by Crippen LogP contribution is -2.48. The molecule has 4 nitrogen and oxygen atoms in total. The van der Waals surface area contributed by atoms with E-state index in [1.165, 1.54) is 12.1 Å². The summed E-state index contributed by atoms with van der Waals surface area (Å²) in [5.74, 6) is 1.79. The number of rotatable bonds is 3. The van der Waals surface area contributed by atoms with Gasteiger partial charge in [-0.3, -0.25) is 0 Å². The molecule has 3 rings (SSSR count). The van der Waals surface area contributed by atoms with E-state index in [9.17, 15) is 4.79 Å². The van der Waals surface area contributed by atoms with E-state index in [2.05, 4.69) is 54.4 Å². The Morgan fingerprint density at radius 2 is 1.83 bits per heavy atom. The maximum absolute atomic E-state index is 12.4. The van der Waals surface area contributed by atoms with Crippen LogP contribution in [0.4, 0.5) is 10.5 Å². The highest BCUT2D eigenvalue weighted by atomic mass is 16.2. The first-order valence-corrected chi connectivity index (χ1v) is 8.94. The lowest BCUT2D eigenvalue weighted by atomic mass is 9.92. The number of anilines is 1. The Bertz CT molecular complexity index is 509. The molecule has 4 heteroatoms. The van der Waals surface area contributed by atoms with Gasteiger partial charge in [-0.2, -0.15) is 0 Å². The van der Waals surface area contributed by atoms with E-state index in [4.69, 9.17) is 0 Å². The van der Waals surface area contributed by atoms with Crippen LogP contribution in [0.2, 0.25) is 0 Å². The number of piperidine rings is 1. The predicted molar refractivity (Wildman–Crippen MR) is 94.7 cm³/mol. The van der Waals surface area contributed by atoms with Crippen molar-refractivity contribution in [3.05, 3.63) is 30.3 Å².